The molecule has 4 aromatic carbocycles. The Morgan fingerprint density at radius 3 is 2.14 bits per heavy atom. The fraction of sp³-hybridized carbons (Fsp3) is 0.100. The zero-order valence-electron chi connectivity index (χ0n) is 20.2. The van der Waals surface area contributed by atoms with E-state index < -0.39 is 0 Å². The van der Waals surface area contributed by atoms with Gasteiger partial charge in [-0.1, -0.05) is 66.2 Å². The first-order valence-electron chi connectivity index (χ1n) is 11.7. The summed E-state index contributed by atoms with van der Waals surface area (Å²) in [5, 5.41) is 8.28. The molecular formula is C30H26N4O2. The van der Waals surface area contributed by atoms with E-state index in [1.165, 1.54) is 0 Å². The second-order valence-electron chi connectivity index (χ2n) is 8.48. The first kappa shape index (κ1) is 23.1. The number of carbonyl (C=O) groups is 1. The standard InChI is InChI=1S/C30H26N4O2/c1-20-10-12-22(13-11-20)27-18-28(23-14-16-24(36-2)17-15-23)33-30(32-27)34-29(35)19-31-26-9-5-7-21-6-3-4-8-25(21)26/h3-18,31H,19H2,1-2H3,(H,32,33,34,35). The van der Waals surface area contributed by atoms with E-state index in [1.807, 2.05) is 104 Å². The van der Waals surface area contributed by atoms with Crippen LogP contribution in [-0.4, -0.2) is 29.5 Å². The molecule has 0 unspecified atom stereocenters. The van der Waals surface area contributed by atoms with Crippen LogP contribution in [-0.2, 0) is 4.79 Å². The van der Waals surface area contributed by atoms with Gasteiger partial charge in [-0.3, -0.25) is 10.1 Å². The largest absolute Gasteiger partial charge is 0.497 e. The topological polar surface area (TPSA) is 76.1 Å². The summed E-state index contributed by atoms with van der Waals surface area (Å²) in [7, 11) is 1.63. The molecule has 6 nitrogen and oxygen atoms in total. The van der Waals surface area contributed by atoms with Crippen LogP contribution in [0.5, 0.6) is 5.75 Å². The van der Waals surface area contributed by atoms with Crippen LogP contribution in [0.4, 0.5) is 11.6 Å². The van der Waals surface area contributed by atoms with Crippen LogP contribution < -0.4 is 15.4 Å². The minimum absolute atomic E-state index is 0.0873. The molecule has 2 N–H and O–H groups in total. The number of ether oxygens (including phenoxy) is 1. The van der Waals surface area contributed by atoms with Crippen molar-refractivity contribution in [2.75, 3.05) is 24.3 Å². The van der Waals surface area contributed by atoms with Crippen molar-refractivity contribution in [3.63, 3.8) is 0 Å². The molecule has 1 amide bonds. The van der Waals surface area contributed by atoms with E-state index >= 15 is 0 Å². The lowest BCUT2D eigenvalue weighted by Gasteiger charge is -2.12. The lowest BCUT2D eigenvalue weighted by molar-refractivity contribution is -0.114. The van der Waals surface area contributed by atoms with Gasteiger partial charge in [0.1, 0.15) is 5.75 Å². The van der Waals surface area contributed by atoms with Crippen molar-refractivity contribution < 1.29 is 9.53 Å². The number of fused-ring (bicyclic) bond motifs is 1. The quantitative estimate of drug-likeness (QED) is 0.288. The van der Waals surface area contributed by atoms with Gasteiger partial charge in [0.15, 0.2) is 0 Å². The fourth-order valence-corrected chi connectivity index (χ4v) is 4.01. The van der Waals surface area contributed by atoms with E-state index in [2.05, 4.69) is 20.6 Å². The Labute approximate surface area is 210 Å². The van der Waals surface area contributed by atoms with Crippen molar-refractivity contribution in [1.29, 1.82) is 0 Å². The summed E-state index contributed by atoms with van der Waals surface area (Å²) in [5.74, 6) is 0.785. The van der Waals surface area contributed by atoms with Crippen molar-refractivity contribution in [1.82, 2.24) is 9.97 Å². The van der Waals surface area contributed by atoms with Crippen molar-refractivity contribution in [3.05, 3.63) is 103 Å². The van der Waals surface area contributed by atoms with Gasteiger partial charge in [-0.25, -0.2) is 9.97 Å². The van der Waals surface area contributed by atoms with Gasteiger partial charge in [0.25, 0.3) is 0 Å². The van der Waals surface area contributed by atoms with Crippen molar-refractivity contribution >= 4 is 28.3 Å². The number of hydrogen-bond donors (Lipinski definition) is 2. The molecular weight excluding hydrogens is 448 g/mol. The third kappa shape index (κ3) is 5.18. The van der Waals surface area contributed by atoms with Crippen LogP contribution >= 0.6 is 0 Å². The van der Waals surface area contributed by atoms with Crippen LogP contribution in [0.1, 0.15) is 5.56 Å². The SMILES string of the molecule is COc1ccc(-c2cc(-c3ccc(C)cc3)nc(NC(=O)CNc3cccc4ccccc34)n2)cc1. The zero-order chi connectivity index (χ0) is 24.9. The average molecular weight is 475 g/mol. The highest BCUT2D eigenvalue weighted by Crippen LogP contribution is 2.27. The smallest absolute Gasteiger partial charge is 0.246 e. The van der Waals surface area contributed by atoms with Gasteiger partial charge in [-0.05, 0) is 48.7 Å². The van der Waals surface area contributed by atoms with Gasteiger partial charge in [-0.15, -0.1) is 0 Å². The van der Waals surface area contributed by atoms with Crippen molar-refractivity contribution in [2.24, 2.45) is 0 Å². The molecule has 5 rings (SSSR count). The number of amides is 1. The highest BCUT2D eigenvalue weighted by molar-refractivity contribution is 5.97. The monoisotopic (exact) mass is 474 g/mol. The number of nitrogens with one attached hydrogen (secondary N) is 2. The maximum Gasteiger partial charge on any atom is 0.246 e. The first-order valence-corrected chi connectivity index (χ1v) is 11.7. The Bertz CT molecular complexity index is 1510. The lowest BCUT2D eigenvalue weighted by atomic mass is 10.1. The van der Waals surface area contributed by atoms with E-state index in [0.29, 0.717) is 5.69 Å². The number of methoxy groups -OCH3 is 1. The minimum atomic E-state index is -0.232. The molecule has 0 bridgehead atoms. The molecule has 0 saturated heterocycles. The zero-order valence-corrected chi connectivity index (χ0v) is 20.2. The fourth-order valence-electron chi connectivity index (χ4n) is 4.01. The van der Waals surface area contributed by atoms with Crippen LogP contribution in [0.15, 0.2) is 97.1 Å². The van der Waals surface area contributed by atoms with E-state index in [0.717, 1.165) is 44.6 Å². The first-order chi connectivity index (χ1) is 17.6. The number of hydrogen-bond acceptors (Lipinski definition) is 5. The summed E-state index contributed by atoms with van der Waals surface area (Å²) in [5.41, 5.74) is 5.35. The van der Waals surface area contributed by atoms with E-state index in [4.69, 9.17) is 4.74 Å². The number of rotatable bonds is 7. The van der Waals surface area contributed by atoms with Crippen LogP contribution in [0, 0.1) is 6.92 Å². The summed E-state index contributed by atoms with van der Waals surface area (Å²) in [4.78, 5) is 22.2. The maximum absolute atomic E-state index is 12.9. The summed E-state index contributed by atoms with van der Waals surface area (Å²) >= 11 is 0. The second-order valence-corrected chi connectivity index (χ2v) is 8.48. The highest BCUT2D eigenvalue weighted by Gasteiger charge is 2.12. The predicted octanol–water partition coefficient (Wildman–Crippen LogP) is 6.33. The third-order valence-corrected chi connectivity index (χ3v) is 5.94. The minimum Gasteiger partial charge on any atom is -0.497 e. The van der Waals surface area contributed by atoms with E-state index in [9.17, 15) is 4.79 Å². The molecule has 0 aliphatic carbocycles. The molecule has 0 aliphatic heterocycles. The predicted molar refractivity (Wildman–Crippen MR) is 145 cm³/mol. The Hall–Kier alpha value is -4.71. The van der Waals surface area contributed by atoms with Gasteiger partial charge in [0, 0.05) is 22.2 Å². The van der Waals surface area contributed by atoms with Gasteiger partial charge in [-0.2, -0.15) is 0 Å². The number of aryl methyl sites for hydroxylation is 1. The molecule has 1 heterocycles. The summed E-state index contributed by atoms with van der Waals surface area (Å²) < 4.78 is 5.28. The van der Waals surface area contributed by atoms with Crippen molar-refractivity contribution in [2.45, 2.75) is 6.92 Å². The molecule has 0 saturated carbocycles. The van der Waals surface area contributed by atoms with Gasteiger partial charge >= 0.3 is 0 Å². The van der Waals surface area contributed by atoms with Crippen molar-refractivity contribution in [3.8, 4) is 28.3 Å². The Kier molecular flexibility index (Phi) is 6.58. The average Bonchev–Trinajstić information content (AvgIpc) is 2.92. The Morgan fingerprint density at radius 2 is 1.44 bits per heavy atom. The number of anilines is 2. The number of benzene rings is 4. The summed E-state index contributed by atoms with van der Waals surface area (Å²) in [6.45, 7) is 2.13. The summed E-state index contributed by atoms with van der Waals surface area (Å²) in [6.07, 6.45) is 0. The van der Waals surface area contributed by atoms with Crippen LogP contribution in [0.3, 0.4) is 0 Å². The maximum atomic E-state index is 12.9. The summed E-state index contributed by atoms with van der Waals surface area (Å²) in [6, 6.07) is 31.7. The van der Waals surface area contributed by atoms with Gasteiger partial charge in [0.2, 0.25) is 11.9 Å². The molecule has 1 aromatic heterocycles. The second kappa shape index (κ2) is 10.3. The molecule has 0 atom stereocenters. The molecule has 5 aromatic rings. The molecule has 178 valence electrons. The Morgan fingerprint density at radius 1 is 0.806 bits per heavy atom. The van der Waals surface area contributed by atoms with Crippen LogP contribution in [0.2, 0.25) is 0 Å². The number of nitrogens with zero attached hydrogens (tertiary/aromatic N) is 2. The number of aromatic nitrogens is 2. The van der Waals surface area contributed by atoms with Gasteiger partial charge < -0.3 is 10.1 Å². The Balaban J connectivity index is 1.41. The molecule has 36 heavy (non-hydrogen) atoms. The van der Waals surface area contributed by atoms with Gasteiger partial charge in [0.05, 0.1) is 25.0 Å². The van der Waals surface area contributed by atoms with E-state index in [-0.39, 0.29) is 18.4 Å². The van der Waals surface area contributed by atoms with Crippen LogP contribution in [0.25, 0.3) is 33.3 Å². The molecule has 0 radical (unpaired) electrons. The van der Waals surface area contributed by atoms with E-state index in [1.54, 1.807) is 7.11 Å². The lowest BCUT2D eigenvalue weighted by Crippen LogP contribution is -2.23. The number of carbonyl (C=O) groups excluding carboxylic acids is 1. The third-order valence-electron chi connectivity index (χ3n) is 5.94. The molecule has 0 fully saturated rings. The molecule has 0 aliphatic rings. The molecule has 6 heteroatoms. The normalized spacial score (nSPS) is 10.7. The molecule has 0 spiro atoms. The highest BCUT2D eigenvalue weighted by atomic mass is 16.5.